The van der Waals surface area contributed by atoms with Gasteiger partial charge in [0.1, 0.15) is 0 Å². The Morgan fingerprint density at radius 1 is 1.18 bits per heavy atom. The van der Waals surface area contributed by atoms with Crippen LogP contribution in [0.4, 0.5) is 0 Å². The van der Waals surface area contributed by atoms with Gasteiger partial charge < -0.3 is 9.94 Å². The minimum absolute atomic E-state index is 0.343. The van der Waals surface area contributed by atoms with Crippen LogP contribution in [-0.4, -0.2) is 18.3 Å². The van der Waals surface area contributed by atoms with E-state index < -0.39 is 0 Å². The van der Waals surface area contributed by atoms with Gasteiger partial charge in [-0.15, -0.1) is 0 Å². The Kier molecular flexibility index (Phi) is 3.83. The lowest BCUT2D eigenvalue weighted by Gasteiger charge is -2.26. The van der Waals surface area contributed by atoms with E-state index in [-0.39, 0.29) is 0 Å². The van der Waals surface area contributed by atoms with Gasteiger partial charge >= 0.3 is 0 Å². The van der Waals surface area contributed by atoms with Crippen molar-refractivity contribution in [2.75, 3.05) is 13.2 Å². The van der Waals surface area contributed by atoms with Gasteiger partial charge in [-0.2, -0.15) is 0 Å². The van der Waals surface area contributed by atoms with Crippen LogP contribution >= 0.6 is 0 Å². The molecule has 0 unspecified atom stereocenters. The predicted octanol–water partition coefficient (Wildman–Crippen LogP) is 0.675. The van der Waals surface area contributed by atoms with Gasteiger partial charge in [0.2, 0.25) is 0 Å². The molecule has 0 bridgehead atoms. The van der Waals surface area contributed by atoms with Crippen molar-refractivity contribution in [1.29, 1.82) is 0 Å². The van der Waals surface area contributed by atoms with Gasteiger partial charge in [0.15, 0.2) is 0 Å². The second-order valence-corrected chi connectivity index (χ2v) is 3.40. The molecular formula is C8H17NO2. The number of aliphatic hydroxyl groups is 1. The second-order valence-electron chi connectivity index (χ2n) is 3.40. The molecule has 1 aliphatic carbocycles. The molecular weight excluding hydrogens is 142 g/mol. The van der Waals surface area contributed by atoms with E-state index in [0.717, 1.165) is 25.7 Å². The first-order valence-corrected chi connectivity index (χ1v) is 4.29. The van der Waals surface area contributed by atoms with Crippen molar-refractivity contribution < 1.29 is 9.94 Å². The van der Waals surface area contributed by atoms with Crippen molar-refractivity contribution in [3.8, 4) is 0 Å². The Labute approximate surface area is 67.5 Å². The van der Waals surface area contributed by atoms with E-state index in [1.807, 2.05) is 0 Å². The molecule has 1 fully saturated rings. The summed E-state index contributed by atoms with van der Waals surface area (Å²) in [5, 5.41) is 8.85. The summed E-state index contributed by atoms with van der Waals surface area (Å²) >= 11 is 0. The highest BCUT2D eigenvalue weighted by atomic mass is 16.6. The van der Waals surface area contributed by atoms with Gasteiger partial charge in [-0.1, -0.05) is 0 Å². The lowest BCUT2D eigenvalue weighted by Crippen LogP contribution is -2.21. The predicted molar refractivity (Wildman–Crippen MR) is 42.7 cm³/mol. The van der Waals surface area contributed by atoms with Gasteiger partial charge in [0.05, 0.1) is 6.61 Å². The molecule has 0 amide bonds. The summed E-state index contributed by atoms with van der Waals surface area (Å²) in [6, 6.07) is 0. The van der Waals surface area contributed by atoms with Crippen LogP contribution in [0.5, 0.6) is 0 Å². The molecule has 3 N–H and O–H groups in total. The third-order valence-electron chi connectivity index (χ3n) is 2.56. The van der Waals surface area contributed by atoms with E-state index in [9.17, 15) is 0 Å². The molecule has 66 valence electrons. The maximum atomic E-state index is 8.85. The minimum atomic E-state index is 0.343. The Morgan fingerprint density at radius 2 is 1.73 bits per heavy atom. The Bertz CT molecular complexity index is 100. The van der Waals surface area contributed by atoms with Gasteiger partial charge in [-0.25, -0.2) is 5.90 Å². The van der Waals surface area contributed by atoms with Crippen LogP contribution in [0.2, 0.25) is 0 Å². The highest BCUT2D eigenvalue weighted by molar-refractivity contribution is 4.71. The second kappa shape index (κ2) is 4.70. The van der Waals surface area contributed by atoms with Gasteiger partial charge in [0.25, 0.3) is 0 Å². The number of aliphatic hydroxyl groups excluding tert-OH is 1. The molecule has 3 heteroatoms. The molecule has 0 spiro atoms. The Hall–Kier alpha value is -0.120. The van der Waals surface area contributed by atoms with Gasteiger partial charge in [0, 0.05) is 6.61 Å². The van der Waals surface area contributed by atoms with Crippen LogP contribution in [0.3, 0.4) is 0 Å². The highest BCUT2D eigenvalue weighted by Crippen LogP contribution is 2.28. The van der Waals surface area contributed by atoms with Crippen molar-refractivity contribution in [3.05, 3.63) is 0 Å². The summed E-state index contributed by atoms with van der Waals surface area (Å²) in [5.41, 5.74) is 0. The van der Waals surface area contributed by atoms with E-state index in [1.54, 1.807) is 0 Å². The molecule has 0 aromatic heterocycles. The topological polar surface area (TPSA) is 55.5 Å². The molecule has 0 radical (unpaired) electrons. The number of nitrogens with two attached hydrogens (primary N) is 1. The van der Waals surface area contributed by atoms with E-state index in [1.165, 1.54) is 0 Å². The standard InChI is InChI=1S/C8H17NO2/c9-11-6-8-3-1-7(5-10)2-4-8/h7-8,10H,1-6,9H2/t7-,8-. The van der Waals surface area contributed by atoms with Crippen LogP contribution in [0.15, 0.2) is 0 Å². The molecule has 1 rings (SSSR count). The SMILES string of the molecule is NOC[C@H]1CC[C@H](CO)CC1. The maximum Gasteiger partial charge on any atom is 0.0707 e. The number of hydrogen-bond acceptors (Lipinski definition) is 3. The van der Waals surface area contributed by atoms with Crippen LogP contribution in [0.1, 0.15) is 25.7 Å². The monoisotopic (exact) mass is 159 g/mol. The quantitative estimate of drug-likeness (QED) is 0.595. The molecule has 0 atom stereocenters. The van der Waals surface area contributed by atoms with E-state index in [4.69, 9.17) is 11.0 Å². The Balaban J connectivity index is 2.14. The molecule has 1 saturated carbocycles. The summed E-state index contributed by atoms with van der Waals surface area (Å²) in [7, 11) is 0. The number of hydrogen-bond donors (Lipinski definition) is 2. The summed E-state index contributed by atoms with van der Waals surface area (Å²) in [6.07, 6.45) is 4.57. The number of rotatable bonds is 3. The first kappa shape index (κ1) is 8.97. The summed E-state index contributed by atoms with van der Waals surface area (Å²) in [4.78, 5) is 4.59. The van der Waals surface area contributed by atoms with Crippen molar-refractivity contribution >= 4 is 0 Å². The molecule has 0 aromatic rings. The first-order chi connectivity index (χ1) is 5.36. The summed E-state index contributed by atoms with van der Waals surface area (Å²) in [5.74, 6) is 6.14. The third-order valence-corrected chi connectivity index (χ3v) is 2.56. The Morgan fingerprint density at radius 3 is 2.18 bits per heavy atom. The van der Waals surface area contributed by atoms with E-state index >= 15 is 0 Å². The fourth-order valence-corrected chi connectivity index (χ4v) is 1.72. The van der Waals surface area contributed by atoms with Crippen LogP contribution in [0.25, 0.3) is 0 Å². The molecule has 1 aliphatic rings. The van der Waals surface area contributed by atoms with Gasteiger partial charge in [-0.3, -0.25) is 0 Å². The normalized spacial score (nSPS) is 32.2. The molecule has 0 aliphatic heterocycles. The zero-order valence-electron chi connectivity index (χ0n) is 6.83. The van der Waals surface area contributed by atoms with Crippen LogP contribution < -0.4 is 5.90 Å². The third kappa shape index (κ3) is 2.77. The van der Waals surface area contributed by atoms with E-state index in [2.05, 4.69) is 4.84 Å². The zero-order chi connectivity index (χ0) is 8.10. The van der Waals surface area contributed by atoms with E-state index in [0.29, 0.717) is 25.0 Å². The van der Waals surface area contributed by atoms with Crippen molar-refractivity contribution in [3.63, 3.8) is 0 Å². The fraction of sp³-hybridized carbons (Fsp3) is 1.00. The van der Waals surface area contributed by atoms with Crippen LogP contribution in [0, 0.1) is 11.8 Å². The first-order valence-electron chi connectivity index (χ1n) is 4.29. The summed E-state index contributed by atoms with van der Waals surface area (Å²) in [6.45, 7) is 1.02. The molecule has 11 heavy (non-hydrogen) atoms. The fourth-order valence-electron chi connectivity index (χ4n) is 1.72. The average Bonchev–Trinajstić information content (AvgIpc) is 2.07. The average molecular weight is 159 g/mol. The minimum Gasteiger partial charge on any atom is -0.396 e. The molecule has 0 heterocycles. The van der Waals surface area contributed by atoms with Crippen molar-refractivity contribution in [2.24, 2.45) is 17.7 Å². The zero-order valence-corrected chi connectivity index (χ0v) is 6.83. The molecule has 0 aromatic carbocycles. The largest absolute Gasteiger partial charge is 0.396 e. The smallest absolute Gasteiger partial charge is 0.0707 e. The van der Waals surface area contributed by atoms with Gasteiger partial charge in [-0.05, 0) is 37.5 Å². The lowest BCUT2D eigenvalue weighted by atomic mass is 9.83. The summed E-state index contributed by atoms with van der Waals surface area (Å²) < 4.78 is 0. The lowest BCUT2D eigenvalue weighted by molar-refractivity contribution is 0.0702. The van der Waals surface area contributed by atoms with Crippen molar-refractivity contribution in [1.82, 2.24) is 0 Å². The highest BCUT2D eigenvalue weighted by Gasteiger charge is 2.20. The molecule has 3 nitrogen and oxygen atoms in total. The van der Waals surface area contributed by atoms with Crippen molar-refractivity contribution in [2.45, 2.75) is 25.7 Å². The molecule has 0 saturated heterocycles. The van der Waals surface area contributed by atoms with Crippen LogP contribution in [-0.2, 0) is 4.84 Å². The maximum absolute atomic E-state index is 8.85.